The highest BCUT2D eigenvalue weighted by atomic mass is 16.5. The highest BCUT2D eigenvalue weighted by Gasteiger charge is 2.09. The van der Waals surface area contributed by atoms with E-state index >= 15 is 0 Å². The lowest BCUT2D eigenvalue weighted by atomic mass is 10.2. The molecular weight excluding hydrogens is 178 g/mol. The number of ether oxygens (including phenoxy) is 1. The molecule has 14 heavy (non-hydrogen) atoms. The van der Waals surface area contributed by atoms with Crippen LogP contribution < -0.4 is 5.32 Å². The van der Waals surface area contributed by atoms with Crippen LogP contribution in [-0.4, -0.2) is 25.7 Å². The number of carbonyl (C=O) groups excluding carboxylic acids is 1. The monoisotopic (exact) mass is 193 g/mol. The Kier molecular flexibility index (Phi) is 4.13. The van der Waals surface area contributed by atoms with E-state index in [1.807, 2.05) is 32.2 Å². The highest BCUT2D eigenvalue weighted by Crippen LogP contribution is 2.02. The minimum atomic E-state index is -0.270. The Hall–Kier alpha value is -1.35. The fourth-order valence-electron chi connectivity index (χ4n) is 1.15. The minimum Gasteiger partial charge on any atom is -0.458 e. The van der Waals surface area contributed by atoms with E-state index in [9.17, 15) is 4.79 Å². The molecule has 3 nitrogen and oxygen atoms in total. The third kappa shape index (κ3) is 3.18. The Morgan fingerprint density at radius 2 is 2.07 bits per heavy atom. The van der Waals surface area contributed by atoms with E-state index in [0.29, 0.717) is 12.1 Å². The summed E-state index contributed by atoms with van der Waals surface area (Å²) in [7, 11) is 1.83. The lowest BCUT2D eigenvalue weighted by Gasteiger charge is -2.12. The third-order valence-electron chi connectivity index (χ3n) is 1.81. The zero-order chi connectivity index (χ0) is 10.4. The number of benzene rings is 1. The molecule has 1 aromatic rings. The van der Waals surface area contributed by atoms with Crippen LogP contribution in [0.3, 0.4) is 0 Å². The second kappa shape index (κ2) is 5.40. The Bertz CT molecular complexity index is 285. The topological polar surface area (TPSA) is 38.3 Å². The lowest BCUT2D eigenvalue weighted by molar-refractivity contribution is 0.0346. The van der Waals surface area contributed by atoms with Gasteiger partial charge in [0.1, 0.15) is 6.10 Å². The number of hydrogen-bond donors (Lipinski definition) is 1. The molecule has 0 radical (unpaired) electrons. The van der Waals surface area contributed by atoms with Gasteiger partial charge in [0.05, 0.1) is 5.56 Å². The Morgan fingerprint density at radius 3 is 2.64 bits per heavy atom. The van der Waals surface area contributed by atoms with Crippen molar-refractivity contribution in [3.63, 3.8) is 0 Å². The summed E-state index contributed by atoms with van der Waals surface area (Å²) < 4.78 is 5.18. The SMILES string of the molecule is CNCC(C)OC(=O)c1ccccc1. The van der Waals surface area contributed by atoms with Crippen LogP contribution in [0.1, 0.15) is 17.3 Å². The van der Waals surface area contributed by atoms with Crippen molar-refractivity contribution in [1.82, 2.24) is 5.32 Å². The number of nitrogens with one attached hydrogen (secondary N) is 1. The zero-order valence-electron chi connectivity index (χ0n) is 8.49. The van der Waals surface area contributed by atoms with Crippen LogP contribution in [0.25, 0.3) is 0 Å². The molecule has 3 heteroatoms. The van der Waals surface area contributed by atoms with Crippen molar-refractivity contribution in [3.8, 4) is 0 Å². The summed E-state index contributed by atoms with van der Waals surface area (Å²) >= 11 is 0. The average molecular weight is 193 g/mol. The molecule has 0 amide bonds. The maximum absolute atomic E-state index is 11.5. The van der Waals surface area contributed by atoms with Crippen LogP contribution in [0.5, 0.6) is 0 Å². The summed E-state index contributed by atoms with van der Waals surface area (Å²) in [4.78, 5) is 11.5. The second-order valence-corrected chi connectivity index (χ2v) is 3.14. The van der Waals surface area contributed by atoms with Gasteiger partial charge in [-0.05, 0) is 26.1 Å². The predicted molar refractivity (Wildman–Crippen MR) is 55.2 cm³/mol. The number of carbonyl (C=O) groups is 1. The molecule has 0 saturated heterocycles. The molecule has 0 aliphatic rings. The van der Waals surface area contributed by atoms with E-state index < -0.39 is 0 Å². The van der Waals surface area contributed by atoms with Crippen molar-refractivity contribution >= 4 is 5.97 Å². The van der Waals surface area contributed by atoms with Crippen LogP contribution in [0, 0.1) is 0 Å². The molecule has 1 unspecified atom stereocenters. The van der Waals surface area contributed by atoms with Crippen molar-refractivity contribution in [1.29, 1.82) is 0 Å². The number of rotatable bonds is 4. The van der Waals surface area contributed by atoms with Crippen molar-refractivity contribution in [2.75, 3.05) is 13.6 Å². The first-order valence-corrected chi connectivity index (χ1v) is 4.64. The van der Waals surface area contributed by atoms with Gasteiger partial charge in [-0.15, -0.1) is 0 Å². The molecule has 0 spiro atoms. The summed E-state index contributed by atoms with van der Waals surface area (Å²) in [6, 6.07) is 9.00. The van der Waals surface area contributed by atoms with Crippen LogP contribution in [0.2, 0.25) is 0 Å². The van der Waals surface area contributed by atoms with E-state index in [1.165, 1.54) is 0 Å². The van der Waals surface area contributed by atoms with Crippen LogP contribution in [0.15, 0.2) is 30.3 Å². The maximum Gasteiger partial charge on any atom is 0.338 e. The van der Waals surface area contributed by atoms with Crippen molar-refractivity contribution in [2.24, 2.45) is 0 Å². The van der Waals surface area contributed by atoms with Gasteiger partial charge in [-0.1, -0.05) is 18.2 Å². The first-order chi connectivity index (χ1) is 6.74. The average Bonchev–Trinajstić information content (AvgIpc) is 2.19. The summed E-state index contributed by atoms with van der Waals surface area (Å²) in [5, 5.41) is 2.95. The second-order valence-electron chi connectivity index (χ2n) is 3.14. The zero-order valence-corrected chi connectivity index (χ0v) is 8.49. The number of hydrogen-bond acceptors (Lipinski definition) is 3. The first-order valence-electron chi connectivity index (χ1n) is 4.64. The van der Waals surface area contributed by atoms with Gasteiger partial charge < -0.3 is 10.1 Å². The maximum atomic E-state index is 11.5. The van der Waals surface area contributed by atoms with Crippen LogP contribution >= 0.6 is 0 Å². The first kappa shape index (κ1) is 10.7. The van der Waals surface area contributed by atoms with Gasteiger partial charge in [-0.2, -0.15) is 0 Å². The number of esters is 1. The fraction of sp³-hybridized carbons (Fsp3) is 0.364. The molecule has 76 valence electrons. The van der Waals surface area contributed by atoms with Crippen LogP contribution in [0.4, 0.5) is 0 Å². The molecule has 0 heterocycles. The molecule has 1 rings (SSSR count). The van der Waals surface area contributed by atoms with Gasteiger partial charge in [0.25, 0.3) is 0 Å². The molecule has 1 aromatic carbocycles. The molecule has 0 aliphatic heterocycles. The molecule has 1 atom stereocenters. The van der Waals surface area contributed by atoms with E-state index in [2.05, 4.69) is 5.32 Å². The Morgan fingerprint density at radius 1 is 1.43 bits per heavy atom. The molecule has 0 aromatic heterocycles. The molecule has 0 saturated carbocycles. The van der Waals surface area contributed by atoms with Crippen LogP contribution in [-0.2, 0) is 4.74 Å². The standard InChI is InChI=1S/C11H15NO2/c1-9(8-12-2)14-11(13)10-6-4-3-5-7-10/h3-7,9,12H,8H2,1-2H3. The smallest absolute Gasteiger partial charge is 0.338 e. The number of likely N-dealkylation sites (N-methyl/N-ethyl adjacent to an activating group) is 1. The predicted octanol–water partition coefficient (Wildman–Crippen LogP) is 1.45. The fourth-order valence-corrected chi connectivity index (χ4v) is 1.15. The van der Waals surface area contributed by atoms with Gasteiger partial charge >= 0.3 is 5.97 Å². The van der Waals surface area contributed by atoms with E-state index in [-0.39, 0.29) is 12.1 Å². The third-order valence-corrected chi connectivity index (χ3v) is 1.81. The summed E-state index contributed by atoms with van der Waals surface area (Å²) in [5.41, 5.74) is 0.593. The normalized spacial score (nSPS) is 12.1. The largest absolute Gasteiger partial charge is 0.458 e. The van der Waals surface area contributed by atoms with Crippen molar-refractivity contribution in [2.45, 2.75) is 13.0 Å². The van der Waals surface area contributed by atoms with Gasteiger partial charge in [0.15, 0.2) is 0 Å². The molecule has 1 N–H and O–H groups in total. The molecular formula is C11H15NO2. The Labute approximate surface area is 84.1 Å². The van der Waals surface area contributed by atoms with Crippen molar-refractivity contribution in [3.05, 3.63) is 35.9 Å². The Balaban J connectivity index is 2.51. The minimum absolute atomic E-state index is 0.104. The van der Waals surface area contributed by atoms with Crippen molar-refractivity contribution < 1.29 is 9.53 Å². The quantitative estimate of drug-likeness (QED) is 0.735. The van der Waals surface area contributed by atoms with Gasteiger partial charge in [0, 0.05) is 6.54 Å². The molecule has 0 bridgehead atoms. The van der Waals surface area contributed by atoms with E-state index in [4.69, 9.17) is 4.74 Å². The molecule has 0 fully saturated rings. The lowest BCUT2D eigenvalue weighted by Crippen LogP contribution is -2.26. The van der Waals surface area contributed by atoms with Gasteiger partial charge in [-0.3, -0.25) is 0 Å². The summed E-state index contributed by atoms with van der Waals surface area (Å²) in [6.45, 7) is 2.52. The van der Waals surface area contributed by atoms with E-state index in [0.717, 1.165) is 0 Å². The van der Waals surface area contributed by atoms with E-state index in [1.54, 1.807) is 12.1 Å². The molecule has 0 aliphatic carbocycles. The summed E-state index contributed by atoms with van der Waals surface area (Å²) in [5.74, 6) is -0.270. The van der Waals surface area contributed by atoms with Gasteiger partial charge in [-0.25, -0.2) is 4.79 Å². The van der Waals surface area contributed by atoms with Gasteiger partial charge in [0.2, 0.25) is 0 Å². The summed E-state index contributed by atoms with van der Waals surface area (Å²) in [6.07, 6.45) is -0.104. The highest BCUT2D eigenvalue weighted by molar-refractivity contribution is 5.89.